The van der Waals surface area contributed by atoms with Gasteiger partial charge in [-0.25, -0.2) is 4.39 Å². The summed E-state index contributed by atoms with van der Waals surface area (Å²) < 4.78 is 57.6. The van der Waals surface area contributed by atoms with Gasteiger partial charge < -0.3 is 15.0 Å². The number of carbonyl (C=O) groups is 1. The molecule has 0 saturated heterocycles. The Morgan fingerprint density at radius 2 is 1.80 bits per heavy atom. The Morgan fingerprint density at radius 3 is 2.32 bits per heavy atom. The van der Waals surface area contributed by atoms with Gasteiger partial charge >= 0.3 is 6.18 Å². The van der Waals surface area contributed by atoms with Crippen LogP contribution < -0.4 is 15.0 Å². The molecule has 25 heavy (non-hydrogen) atoms. The Hall–Kier alpha value is -2.77. The number of methoxy groups -OCH3 is 1. The zero-order valence-corrected chi connectivity index (χ0v) is 13.7. The van der Waals surface area contributed by atoms with E-state index < -0.39 is 23.5 Å². The molecule has 1 N–H and O–H groups in total. The van der Waals surface area contributed by atoms with Crippen molar-refractivity contribution in [1.29, 1.82) is 0 Å². The molecule has 4 nitrogen and oxygen atoms in total. The van der Waals surface area contributed by atoms with Gasteiger partial charge in [0.25, 0.3) is 5.91 Å². The molecule has 2 aromatic carbocycles. The van der Waals surface area contributed by atoms with Crippen molar-refractivity contribution in [1.82, 2.24) is 0 Å². The number of alkyl halides is 3. The topological polar surface area (TPSA) is 41.6 Å². The Kier molecular flexibility index (Phi) is 5.20. The van der Waals surface area contributed by atoms with E-state index in [1.807, 2.05) is 0 Å². The van der Waals surface area contributed by atoms with Gasteiger partial charge in [-0.05, 0) is 30.3 Å². The number of halogens is 4. The maximum atomic E-state index is 14.0. The third-order valence-corrected chi connectivity index (χ3v) is 3.47. The summed E-state index contributed by atoms with van der Waals surface area (Å²) >= 11 is 0. The molecule has 0 aliphatic heterocycles. The highest BCUT2D eigenvalue weighted by Gasteiger charge is 2.31. The van der Waals surface area contributed by atoms with Gasteiger partial charge in [-0.1, -0.05) is 0 Å². The highest BCUT2D eigenvalue weighted by molar-refractivity contribution is 6.06. The van der Waals surface area contributed by atoms with Gasteiger partial charge in [0.1, 0.15) is 11.6 Å². The number of hydrogen-bond donors (Lipinski definition) is 1. The van der Waals surface area contributed by atoms with Crippen molar-refractivity contribution in [2.45, 2.75) is 6.18 Å². The van der Waals surface area contributed by atoms with E-state index in [9.17, 15) is 22.4 Å². The summed E-state index contributed by atoms with van der Waals surface area (Å²) in [6, 6.07) is 6.58. The molecule has 0 aromatic heterocycles. The molecular weight excluding hydrogens is 340 g/mol. The molecule has 2 aromatic rings. The first kappa shape index (κ1) is 18.6. The van der Waals surface area contributed by atoms with Gasteiger partial charge in [-0.15, -0.1) is 0 Å². The second-order valence-corrected chi connectivity index (χ2v) is 5.42. The molecule has 0 heterocycles. The van der Waals surface area contributed by atoms with E-state index >= 15 is 0 Å². The molecule has 8 heteroatoms. The predicted molar refractivity (Wildman–Crippen MR) is 86.7 cm³/mol. The second kappa shape index (κ2) is 7.00. The summed E-state index contributed by atoms with van der Waals surface area (Å²) in [5, 5.41) is 2.34. The first-order valence-electron chi connectivity index (χ1n) is 7.17. The predicted octanol–water partition coefficient (Wildman–Crippen LogP) is 4.17. The van der Waals surface area contributed by atoms with Crippen LogP contribution in [0.2, 0.25) is 0 Å². The van der Waals surface area contributed by atoms with Gasteiger partial charge in [-0.3, -0.25) is 4.79 Å². The summed E-state index contributed by atoms with van der Waals surface area (Å²) in [4.78, 5) is 13.8. The van der Waals surface area contributed by atoms with Crippen molar-refractivity contribution >= 4 is 17.3 Å². The van der Waals surface area contributed by atoms with Crippen molar-refractivity contribution in [2.75, 3.05) is 31.4 Å². The molecule has 0 unspecified atom stereocenters. The lowest BCUT2D eigenvalue weighted by Gasteiger charge is -2.20. The van der Waals surface area contributed by atoms with Crippen LogP contribution in [0.25, 0.3) is 0 Å². The fourth-order valence-electron chi connectivity index (χ4n) is 2.20. The van der Waals surface area contributed by atoms with Gasteiger partial charge in [0.2, 0.25) is 0 Å². The molecule has 0 aliphatic rings. The standard InChI is InChI=1S/C17H16F4N2O2/c1-23(2)15-7-4-10(17(19,20)21)8-14(15)22-16(24)12-6-5-11(25-3)9-13(12)18/h4-9H,1-3H3,(H,22,24). The highest BCUT2D eigenvalue weighted by Crippen LogP contribution is 2.35. The van der Waals surface area contributed by atoms with Crippen LogP contribution in [0.5, 0.6) is 5.75 Å². The monoisotopic (exact) mass is 356 g/mol. The zero-order valence-electron chi connectivity index (χ0n) is 13.7. The molecule has 0 fully saturated rings. The lowest BCUT2D eigenvalue weighted by atomic mass is 10.1. The molecule has 1 amide bonds. The Labute approximate surface area is 142 Å². The van der Waals surface area contributed by atoms with E-state index in [1.165, 1.54) is 25.3 Å². The summed E-state index contributed by atoms with van der Waals surface area (Å²) in [5.74, 6) is -1.47. The number of carbonyl (C=O) groups excluding carboxylic acids is 1. The van der Waals surface area contributed by atoms with E-state index in [0.29, 0.717) is 5.69 Å². The quantitative estimate of drug-likeness (QED) is 0.836. The molecule has 0 atom stereocenters. The maximum Gasteiger partial charge on any atom is 0.416 e. The van der Waals surface area contributed by atoms with Gasteiger partial charge in [-0.2, -0.15) is 13.2 Å². The minimum atomic E-state index is -4.56. The number of anilines is 2. The summed E-state index contributed by atoms with van der Waals surface area (Å²) in [7, 11) is 4.58. The molecule has 0 bridgehead atoms. The maximum absolute atomic E-state index is 14.0. The lowest BCUT2D eigenvalue weighted by Crippen LogP contribution is -2.19. The van der Waals surface area contributed by atoms with E-state index in [1.54, 1.807) is 19.0 Å². The molecule has 0 saturated carbocycles. The fraction of sp³-hybridized carbons (Fsp3) is 0.235. The summed E-state index contributed by atoms with van der Waals surface area (Å²) in [6.07, 6.45) is -4.56. The largest absolute Gasteiger partial charge is 0.497 e. The smallest absolute Gasteiger partial charge is 0.416 e. The van der Waals surface area contributed by atoms with Crippen molar-refractivity contribution in [3.8, 4) is 5.75 Å². The molecular formula is C17H16F4N2O2. The first-order chi connectivity index (χ1) is 11.6. The SMILES string of the molecule is COc1ccc(C(=O)Nc2cc(C(F)(F)F)ccc2N(C)C)c(F)c1. The van der Waals surface area contributed by atoms with Crippen LogP contribution >= 0.6 is 0 Å². The van der Waals surface area contributed by atoms with E-state index in [2.05, 4.69) is 5.32 Å². The number of hydrogen-bond acceptors (Lipinski definition) is 3. The van der Waals surface area contributed by atoms with Crippen molar-refractivity contribution in [3.63, 3.8) is 0 Å². The lowest BCUT2D eigenvalue weighted by molar-refractivity contribution is -0.137. The molecule has 134 valence electrons. The van der Waals surface area contributed by atoms with E-state index in [-0.39, 0.29) is 17.0 Å². The number of amides is 1. The number of nitrogens with one attached hydrogen (secondary N) is 1. The van der Waals surface area contributed by atoms with Crippen molar-refractivity contribution in [2.24, 2.45) is 0 Å². The zero-order chi connectivity index (χ0) is 18.8. The van der Waals surface area contributed by atoms with Crippen LogP contribution in [0.3, 0.4) is 0 Å². The van der Waals surface area contributed by atoms with Crippen molar-refractivity contribution < 1.29 is 27.1 Å². The minimum absolute atomic E-state index is 0.0694. The number of benzene rings is 2. The third-order valence-electron chi connectivity index (χ3n) is 3.47. The Morgan fingerprint density at radius 1 is 1.12 bits per heavy atom. The normalized spacial score (nSPS) is 11.2. The average molecular weight is 356 g/mol. The van der Waals surface area contributed by atoms with Crippen LogP contribution in [0.4, 0.5) is 28.9 Å². The summed E-state index contributed by atoms with van der Waals surface area (Å²) in [6.45, 7) is 0. The van der Waals surface area contributed by atoms with Crippen LogP contribution in [-0.4, -0.2) is 27.1 Å². The molecule has 0 spiro atoms. The number of nitrogens with zero attached hydrogens (tertiary/aromatic N) is 1. The van der Waals surface area contributed by atoms with E-state index in [4.69, 9.17) is 4.74 Å². The van der Waals surface area contributed by atoms with Gasteiger partial charge in [0.05, 0.1) is 29.6 Å². The van der Waals surface area contributed by atoms with Crippen LogP contribution in [-0.2, 0) is 6.18 Å². The van der Waals surface area contributed by atoms with Crippen LogP contribution in [0, 0.1) is 5.82 Å². The van der Waals surface area contributed by atoms with Crippen LogP contribution in [0.15, 0.2) is 36.4 Å². The number of rotatable bonds is 4. The average Bonchev–Trinajstić information content (AvgIpc) is 2.53. The number of ether oxygens (including phenoxy) is 1. The van der Waals surface area contributed by atoms with Crippen molar-refractivity contribution in [3.05, 3.63) is 53.3 Å². The Bertz CT molecular complexity index is 789. The van der Waals surface area contributed by atoms with E-state index in [0.717, 1.165) is 18.2 Å². The molecule has 0 radical (unpaired) electrons. The Balaban J connectivity index is 2.39. The second-order valence-electron chi connectivity index (χ2n) is 5.42. The van der Waals surface area contributed by atoms with Gasteiger partial charge in [0, 0.05) is 20.2 Å². The third kappa shape index (κ3) is 4.20. The molecule has 0 aliphatic carbocycles. The minimum Gasteiger partial charge on any atom is -0.497 e. The first-order valence-corrected chi connectivity index (χ1v) is 7.17. The molecule has 2 rings (SSSR count). The van der Waals surface area contributed by atoms with Gasteiger partial charge in [0.15, 0.2) is 0 Å². The summed E-state index contributed by atoms with van der Waals surface area (Å²) in [5.41, 5.74) is -0.929. The fourth-order valence-corrected chi connectivity index (χ4v) is 2.20. The highest BCUT2D eigenvalue weighted by atomic mass is 19.4. The van der Waals surface area contributed by atoms with Crippen LogP contribution in [0.1, 0.15) is 15.9 Å².